The second kappa shape index (κ2) is 9.15. The Labute approximate surface area is 143 Å². The average molecular weight is 333 g/mol. The Morgan fingerprint density at radius 2 is 1.92 bits per heavy atom. The zero-order valence-electron chi connectivity index (χ0n) is 14.5. The number of para-hydroxylation sites is 2. The van der Waals surface area contributed by atoms with Crippen molar-refractivity contribution in [2.75, 3.05) is 31.6 Å². The lowest BCUT2D eigenvalue weighted by Gasteiger charge is -2.34. The third-order valence-corrected chi connectivity index (χ3v) is 4.21. The lowest BCUT2D eigenvalue weighted by atomic mass is 10.0. The van der Waals surface area contributed by atoms with Gasteiger partial charge in [-0.15, -0.1) is 0 Å². The molecule has 0 bridgehead atoms. The first kappa shape index (κ1) is 18.1. The fourth-order valence-electron chi connectivity index (χ4n) is 2.93. The van der Waals surface area contributed by atoms with Crippen LogP contribution in [-0.2, 0) is 9.59 Å². The van der Waals surface area contributed by atoms with Gasteiger partial charge in [-0.25, -0.2) is 0 Å². The molecule has 1 aromatic carbocycles. The zero-order chi connectivity index (χ0) is 17.4. The lowest BCUT2D eigenvalue weighted by molar-refractivity contribution is -0.126. The Balaban J connectivity index is 1.76. The van der Waals surface area contributed by atoms with Crippen LogP contribution in [0.15, 0.2) is 24.3 Å². The van der Waals surface area contributed by atoms with Crippen LogP contribution in [0.2, 0.25) is 0 Å². The van der Waals surface area contributed by atoms with E-state index in [2.05, 4.69) is 21.6 Å². The van der Waals surface area contributed by atoms with Gasteiger partial charge in [0.1, 0.15) is 5.75 Å². The summed E-state index contributed by atoms with van der Waals surface area (Å²) in [5.41, 5.74) is 1.09. The van der Waals surface area contributed by atoms with Gasteiger partial charge in [0.05, 0.1) is 19.3 Å². The van der Waals surface area contributed by atoms with Crippen molar-refractivity contribution in [3.8, 4) is 5.75 Å². The number of methoxy groups -OCH3 is 1. The molecule has 2 amide bonds. The molecule has 1 aliphatic rings. The van der Waals surface area contributed by atoms with Crippen molar-refractivity contribution in [1.29, 1.82) is 0 Å². The van der Waals surface area contributed by atoms with Crippen LogP contribution in [0.4, 0.5) is 5.69 Å². The highest BCUT2D eigenvalue weighted by atomic mass is 16.5. The van der Waals surface area contributed by atoms with Crippen molar-refractivity contribution >= 4 is 17.5 Å². The number of rotatable bonds is 7. The van der Waals surface area contributed by atoms with E-state index in [1.807, 2.05) is 25.1 Å². The number of carbonyl (C=O) groups excluding carboxylic acids is 2. The van der Waals surface area contributed by atoms with Gasteiger partial charge in [-0.1, -0.05) is 19.1 Å². The maximum absolute atomic E-state index is 11.9. The standard InChI is InChI=1S/C18H27N3O3/c1-3-6-17(22)19-13-18(23)20-14-9-11-21(12-10-14)15-7-4-5-8-16(15)24-2/h4-5,7-8,14H,3,6,9-13H2,1-2H3,(H,19,22)(H,20,23). The first-order chi connectivity index (χ1) is 11.6. The van der Waals surface area contributed by atoms with Gasteiger partial charge in [0, 0.05) is 25.6 Å². The van der Waals surface area contributed by atoms with Crippen molar-refractivity contribution in [3.63, 3.8) is 0 Å². The maximum atomic E-state index is 11.9. The molecule has 24 heavy (non-hydrogen) atoms. The van der Waals surface area contributed by atoms with Gasteiger partial charge < -0.3 is 20.3 Å². The molecule has 1 heterocycles. The van der Waals surface area contributed by atoms with E-state index >= 15 is 0 Å². The Morgan fingerprint density at radius 3 is 2.58 bits per heavy atom. The number of nitrogens with one attached hydrogen (secondary N) is 2. The van der Waals surface area contributed by atoms with Gasteiger partial charge in [-0.3, -0.25) is 9.59 Å². The van der Waals surface area contributed by atoms with E-state index in [0.29, 0.717) is 6.42 Å². The smallest absolute Gasteiger partial charge is 0.239 e. The van der Waals surface area contributed by atoms with Crippen molar-refractivity contribution < 1.29 is 14.3 Å². The number of piperidine rings is 1. The second-order valence-corrected chi connectivity index (χ2v) is 6.03. The van der Waals surface area contributed by atoms with Crippen LogP contribution in [0.25, 0.3) is 0 Å². The van der Waals surface area contributed by atoms with Gasteiger partial charge in [0.15, 0.2) is 0 Å². The van der Waals surface area contributed by atoms with Gasteiger partial charge in [-0.2, -0.15) is 0 Å². The van der Waals surface area contributed by atoms with Crippen molar-refractivity contribution in [3.05, 3.63) is 24.3 Å². The van der Waals surface area contributed by atoms with E-state index in [1.165, 1.54) is 0 Å². The monoisotopic (exact) mass is 333 g/mol. The van der Waals surface area contributed by atoms with Gasteiger partial charge in [0.25, 0.3) is 0 Å². The fraction of sp³-hybridized carbons (Fsp3) is 0.556. The highest BCUT2D eigenvalue weighted by molar-refractivity contribution is 5.84. The van der Waals surface area contributed by atoms with Crippen LogP contribution in [0.3, 0.4) is 0 Å². The summed E-state index contributed by atoms with van der Waals surface area (Å²) in [6.07, 6.45) is 3.01. The van der Waals surface area contributed by atoms with Crippen LogP contribution in [0.1, 0.15) is 32.6 Å². The summed E-state index contributed by atoms with van der Waals surface area (Å²) < 4.78 is 5.41. The van der Waals surface area contributed by atoms with Crippen LogP contribution in [0, 0.1) is 0 Å². The molecule has 0 radical (unpaired) electrons. The number of hydrogen-bond acceptors (Lipinski definition) is 4. The lowest BCUT2D eigenvalue weighted by Crippen LogP contribution is -2.47. The normalized spacial score (nSPS) is 15.0. The number of carbonyl (C=O) groups is 2. The topological polar surface area (TPSA) is 70.7 Å². The number of amides is 2. The molecule has 6 nitrogen and oxygen atoms in total. The molecule has 0 aliphatic carbocycles. The average Bonchev–Trinajstić information content (AvgIpc) is 2.61. The molecule has 1 fully saturated rings. The molecule has 0 saturated carbocycles. The molecular weight excluding hydrogens is 306 g/mol. The largest absolute Gasteiger partial charge is 0.495 e. The summed E-state index contributed by atoms with van der Waals surface area (Å²) in [6.45, 7) is 3.74. The molecule has 1 saturated heterocycles. The highest BCUT2D eigenvalue weighted by Crippen LogP contribution is 2.29. The molecular formula is C18H27N3O3. The molecule has 0 aromatic heterocycles. The van der Waals surface area contributed by atoms with E-state index < -0.39 is 0 Å². The zero-order valence-corrected chi connectivity index (χ0v) is 14.5. The summed E-state index contributed by atoms with van der Waals surface area (Å²) in [4.78, 5) is 25.6. The first-order valence-electron chi connectivity index (χ1n) is 8.58. The maximum Gasteiger partial charge on any atom is 0.239 e. The number of benzene rings is 1. The first-order valence-corrected chi connectivity index (χ1v) is 8.58. The molecule has 6 heteroatoms. The molecule has 0 spiro atoms. The minimum atomic E-state index is -0.116. The molecule has 132 valence electrons. The van der Waals surface area contributed by atoms with Crippen molar-refractivity contribution in [1.82, 2.24) is 10.6 Å². The van der Waals surface area contributed by atoms with Gasteiger partial charge in [0.2, 0.25) is 11.8 Å². The summed E-state index contributed by atoms with van der Waals surface area (Å²) >= 11 is 0. The summed E-state index contributed by atoms with van der Waals surface area (Å²) in [7, 11) is 1.68. The fourth-order valence-corrected chi connectivity index (χ4v) is 2.93. The second-order valence-electron chi connectivity index (χ2n) is 6.03. The van der Waals surface area contributed by atoms with Crippen LogP contribution in [-0.4, -0.2) is 44.6 Å². The minimum absolute atomic E-state index is 0.0611. The number of anilines is 1. The molecule has 1 aromatic rings. The van der Waals surface area contributed by atoms with E-state index in [4.69, 9.17) is 4.74 Å². The number of hydrogen-bond donors (Lipinski definition) is 2. The predicted octanol–water partition coefficient (Wildman–Crippen LogP) is 1.70. The summed E-state index contributed by atoms with van der Waals surface area (Å²) in [5, 5.41) is 5.65. The Kier molecular flexibility index (Phi) is 6.90. The SMILES string of the molecule is CCCC(=O)NCC(=O)NC1CCN(c2ccccc2OC)CC1. The van der Waals surface area contributed by atoms with Crippen molar-refractivity contribution in [2.45, 2.75) is 38.6 Å². The number of ether oxygens (including phenoxy) is 1. The predicted molar refractivity (Wildman–Crippen MR) is 94.3 cm³/mol. The highest BCUT2D eigenvalue weighted by Gasteiger charge is 2.22. The van der Waals surface area contributed by atoms with Gasteiger partial charge in [-0.05, 0) is 31.4 Å². The Bertz CT molecular complexity index is 554. The third kappa shape index (κ3) is 5.15. The summed E-state index contributed by atoms with van der Waals surface area (Å²) in [5.74, 6) is 0.687. The van der Waals surface area contributed by atoms with E-state index in [0.717, 1.165) is 43.8 Å². The molecule has 1 aliphatic heterocycles. The minimum Gasteiger partial charge on any atom is -0.495 e. The number of nitrogens with zero attached hydrogens (tertiary/aromatic N) is 1. The van der Waals surface area contributed by atoms with Crippen LogP contribution < -0.4 is 20.3 Å². The molecule has 0 atom stereocenters. The molecule has 2 rings (SSSR count). The Morgan fingerprint density at radius 1 is 1.21 bits per heavy atom. The van der Waals surface area contributed by atoms with Crippen LogP contribution >= 0.6 is 0 Å². The van der Waals surface area contributed by atoms with Gasteiger partial charge >= 0.3 is 0 Å². The quantitative estimate of drug-likeness (QED) is 0.797. The molecule has 0 unspecified atom stereocenters. The Hall–Kier alpha value is -2.24. The van der Waals surface area contributed by atoms with Crippen LogP contribution in [0.5, 0.6) is 5.75 Å². The third-order valence-electron chi connectivity index (χ3n) is 4.21. The molecule has 2 N–H and O–H groups in total. The van der Waals surface area contributed by atoms with E-state index in [-0.39, 0.29) is 24.4 Å². The van der Waals surface area contributed by atoms with E-state index in [9.17, 15) is 9.59 Å². The summed E-state index contributed by atoms with van der Waals surface area (Å²) in [6, 6.07) is 8.14. The van der Waals surface area contributed by atoms with Crippen molar-refractivity contribution in [2.24, 2.45) is 0 Å². The van der Waals surface area contributed by atoms with E-state index in [1.54, 1.807) is 7.11 Å².